The number of fused-ring (bicyclic) bond motifs is 1. The Morgan fingerprint density at radius 2 is 1.88 bits per heavy atom. The van der Waals surface area contributed by atoms with Crippen LogP contribution in [0.25, 0.3) is 17.8 Å². The SMILES string of the molecule is COc1nc(/C=C/c2nc3n(n2)CC[C@H]3c2cc(F)c(F)cc2F)ccc1-n1cnc(C)c1. The second-order valence-electron chi connectivity index (χ2n) is 7.70. The van der Waals surface area contributed by atoms with Crippen LogP contribution in [0.5, 0.6) is 5.88 Å². The van der Waals surface area contributed by atoms with Crippen molar-refractivity contribution < 1.29 is 17.9 Å². The smallest absolute Gasteiger partial charge is 0.238 e. The van der Waals surface area contributed by atoms with Gasteiger partial charge in [-0.05, 0) is 43.7 Å². The summed E-state index contributed by atoms with van der Waals surface area (Å²) in [5.41, 5.74) is 2.34. The van der Waals surface area contributed by atoms with Crippen molar-refractivity contribution in [1.29, 1.82) is 0 Å². The van der Waals surface area contributed by atoms with Crippen molar-refractivity contribution in [2.45, 2.75) is 25.8 Å². The predicted molar refractivity (Wildman–Crippen MR) is 114 cm³/mol. The molecule has 0 saturated carbocycles. The average molecular weight is 452 g/mol. The minimum atomic E-state index is -1.21. The van der Waals surface area contributed by atoms with Gasteiger partial charge in [0.05, 0.1) is 24.8 Å². The molecule has 0 fully saturated rings. The summed E-state index contributed by atoms with van der Waals surface area (Å²) in [6, 6.07) is 5.16. The summed E-state index contributed by atoms with van der Waals surface area (Å²) < 4.78 is 50.2. The van der Waals surface area contributed by atoms with Crippen LogP contribution in [0.1, 0.15) is 40.9 Å². The first-order chi connectivity index (χ1) is 15.9. The number of aromatic nitrogens is 6. The van der Waals surface area contributed by atoms with Crippen molar-refractivity contribution in [2.75, 3.05) is 7.11 Å². The minimum Gasteiger partial charge on any atom is -0.479 e. The fourth-order valence-corrected chi connectivity index (χ4v) is 3.95. The van der Waals surface area contributed by atoms with Gasteiger partial charge in [-0.15, -0.1) is 0 Å². The predicted octanol–water partition coefficient (Wildman–Crippen LogP) is 4.30. The molecule has 3 aromatic heterocycles. The lowest BCUT2D eigenvalue weighted by molar-refractivity contribution is 0.395. The highest BCUT2D eigenvalue weighted by atomic mass is 19.2. The number of ether oxygens (including phenoxy) is 1. The molecule has 1 aliphatic heterocycles. The van der Waals surface area contributed by atoms with E-state index in [4.69, 9.17) is 4.74 Å². The van der Waals surface area contributed by atoms with Crippen LogP contribution in [-0.2, 0) is 6.54 Å². The zero-order chi connectivity index (χ0) is 23.1. The van der Waals surface area contributed by atoms with E-state index in [1.807, 2.05) is 29.8 Å². The zero-order valence-corrected chi connectivity index (χ0v) is 17.8. The van der Waals surface area contributed by atoms with E-state index in [1.54, 1.807) is 30.3 Å². The number of nitrogens with zero attached hydrogens (tertiary/aromatic N) is 6. The molecular weight excluding hydrogens is 433 g/mol. The molecule has 168 valence electrons. The van der Waals surface area contributed by atoms with E-state index in [9.17, 15) is 13.2 Å². The number of benzene rings is 1. The van der Waals surface area contributed by atoms with Crippen LogP contribution in [0.3, 0.4) is 0 Å². The lowest BCUT2D eigenvalue weighted by atomic mass is 9.96. The Hall–Kier alpha value is -3.95. The Morgan fingerprint density at radius 3 is 2.64 bits per heavy atom. The molecule has 0 radical (unpaired) electrons. The van der Waals surface area contributed by atoms with Gasteiger partial charge in [-0.1, -0.05) is 0 Å². The Kier molecular flexibility index (Phi) is 5.20. The topological polar surface area (TPSA) is 70.7 Å². The highest BCUT2D eigenvalue weighted by Crippen LogP contribution is 2.35. The molecule has 7 nitrogen and oxygen atoms in total. The van der Waals surface area contributed by atoms with E-state index in [0.29, 0.717) is 42.3 Å². The highest BCUT2D eigenvalue weighted by molar-refractivity contribution is 5.65. The van der Waals surface area contributed by atoms with Crippen molar-refractivity contribution in [3.05, 3.63) is 82.8 Å². The molecule has 0 saturated heterocycles. The van der Waals surface area contributed by atoms with Gasteiger partial charge in [0.2, 0.25) is 5.88 Å². The van der Waals surface area contributed by atoms with E-state index in [-0.39, 0.29) is 5.56 Å². The normalized spacial score (nSPS) is 15.4. The summed E-state index contributed by atoms with van der Waals surface area (Å²) in [7, 11) is 1.54. The van der Waals surface area contributed by atoms with E-state index in [2.05, 4.69) is 20.1 Å². The second-order valence-corrected chi connectivity index (χ2v) is 7.70. The van der Waals surface area contributed by atoms with Crippen LogP contribution >= 0.6 is 0 Å². The third-order valence-electron chi connectivity index (χ3n) is 5.52. The van der Waals surface area contributed by atoms with Gasteiger partial charge in [0.25, 0.3) is 0 Å². The molecule has 0 bridgehead atoms. The Balaban J connectivity index is 1.40. The van der Waals surface area contributed by atoms with Crippen LogP contribution < -0.4 is 4.74 Å². The lowest BCUT2D eigenvalue weighted by Gasteiger charge is -2.10. The molecule has 33 heavy (non-hydrogen) atoms. The number of methoxy groups -OCH3 is 1. The first-order valence-corrected chi connectivity index (χ1v) is 10.3. The number of imidazole rings is 1. The largest absolute Gasteiger partial charge is 0.479 e. The molecule has 0 amide bonds. The van der Waals surface area contributed by atoms with Crippen molar-refractivity contribution in [3.63, 3.8) is 0 Å². The van der Waals surface area contributed by atoms with E-state index in [1.165, 1.54) is 0 Å². The van der Waals surface area contributed by atoms with E-state index in [0.717, 1.165) is 17.4 Å². The van der Waals surface area contributed by atoms with Crippen molar-refractivity contribution in [1.82, 2.24) is 29.3 Å². The molecular formula is C23H19F3N6O. The van der Waals surface area contributed by atoms with Gasteiger partial charge in [0, 0.05) is 30.3 Å². The van der Waals surface area contributed by atoms with E-state index >= 15 is 0 Å². The zero-order valence-electron chi connectivity index (χ0n) is 17.8. The third-order valence-corrected chi connectivity index (χ3v) is 5.52. The number of hydrogen-bond acceptors (Lipinski definition) is 5. The fraction of sp³-hybridized carbons (Fsp3) is 0.217. The van der Waals surface area contributed by atoms with Crippen LogP contribution in [0, 0.1) is 24.4 Å². The summed E-state index contributed by atoms with van der Waals surface area (Å²) in [5, 5.41) is 4.42. The number of halogens is 3. The molecule has 1 aromatic carbocycles. The molecule has 4 aromatic rings. The highest BCUT2D eigenvalue weighted by Gasteiger charge is 2.30. The quantitative estimate of drug-likeness (QED) is 0.423. The van der Waals surface area contributed by atoms with Gasteiger partial charge in [0.1, 0.15) is 17.3 Å². The number of pyridine rings is 1. The van der Waals surface area contributed by atoms with Gasteiger partial charge in [-0.3, -0.25) is 0 Å². The second kappa shape index (κ2) is 8.19. The minimum absolute atomic E-state index is 0.0762. The molecule has 0 unspecified atom stereocenters. The Morgan fingerprint density at radius 1 is 1.06 bits per heavy atom. The lowest BCUT2D eigenvalue weighted by Crippen LogP contribution is -2.04. The maximum atomic E-state index is 14.3. The van der Waals surface area contributed by atoms with Crippen LogP contribution in [0.2, 0.25) is 0 Å². The van der Waals surface area contributed by atoms with Crippen LogP contribution in [0.15, 0.2) is 36.8 Å². The van der Waals surface area contributed by atoms with Gasteiger partial charge in [0.15, 0.2) is 17.5 Å². The van der Waals surface area contributed by atoms with Crippen LogP contribution in [-0.4, -0.2) is 36.4 Å². The molecule has 0 aliphatic carbocycles. The molecule has 5 rings (SSSR count). The number of hydrogen-bond donors (Lipinski definition) is 0. The summed E-state index contributed by atoms with van der Waals surface area (Å²) >= 11 is 0. The summed E-state index contributed by atoms with van der Waals surface area (Å²) in [5.74, 6) is -2.23. The Labute approximate surface area is 187 Å². The van der Waals surface area contributed by atoms with Gasteiger partial charge < -0.3 is 9.30 Å². The van der Waals surface area contributed by atoms with Crippen molar-refractivity contribution >= 4 is 12.2 Å². The molecule has 0 N–H and O–H groups in total. The molecule has 10 heteroatoms. The van der Waals surface area contributed by atoms with Crippen LogP contribution in [0.4, 0.5) is 13.2 Å². The third kappa shape index (κ3) is 3.88. The summed E-state index contributed by atoms with van der Waals surface area (Å²) in [6.07, 6.45) is 7.50. The summed E-state index contributed by atoms with van der Waals surface area (Å²) in [4.78, 5) is 13.2. The first kappa shape index (κ1) is 20.9. The Bertz CT molecular complexity index is 1380. The molecule has 1 atom stereocenters. The first-order valence-electron chi connectivity index (χ1n) is 10.3. The summed E-state index contributed by atoms with van der Waals surface area (Å²) in [6.45, 7) is 2.40. The van der Waals surface area contributed by atoms with Gasteiger partial charge >= 0.3 is 0 Å². The van der Waals surface area contributed by atoms with Crippen molar-refractivity contribution in [2.24, 2.45) is 0 Å². The monoisotopic (exact) mass is 452 g/mol. The van der Waals surface area contributed by atoms with Gasteiger partial charge in [-0.2, -0.15) is 5.10 Å². The maximum Gasteiger partial charge on any atom is 0.238 e. The molecule has 1 aliphatic rings. The average Bonchev–Trinajstić information content (AvgIpc) is 3.50. The molecule has 4 heterocycles. The van der Waals surface area contributed by atoms with Crippen molar-refractivity contribution in [3.8, 4) is 11.6 Å². The fourth-order valence-electron chi connectivity index (χ4n) is 3.95. The maximum absolute atomic E-state index is 14.3. The number of aryl methyl sites for hydroxylation is 2. The van der Waals surface area contributed by atoms with Gasteiger partial charge in [-0.25, -0.2) is 32.8 Å². The number of rotatable bonds is 5. The van der Waals surface area contributed by atoms with E-state index < -0.39 is 23.4 Å². The molecule has 0 spiro atoms. The standard InChI is InChI=1S/C23H19F3N6O/c1-13-11-31(12-27-13)20-5-3-14(28-23(20)33-2)4-6-21-29-22-15(7-8-32(22)30-21)16-9-18(25)19(26)10-17(16)24/h3-6,9-12,15H,7-8H2,1-2H3/b6-4+/t15-/m0/s1.